The highest BCUT2D eigenvalue weighted by molar-refractivity contribution is 9.11. The predicted molar refractivity (Wildman–Crippen MR) is 141 cm³/mol. The van der Waals surface area contributed by atoms with Gasteiger partial charge in [0.05, 0.1) is 18.4 Å². The molecule has 0 atom stereocenters. The third kappa shape index (κ3) is 6.35. The molecule has 3 rings (SSSR count). The molecule has 3 aromatic rings. The Hall–Kier alpha value is -2.93. The Kier molecular flexibility index (Phi) is 8.67. The standard InChI is InChI=1S/C25H17Br3N2O4/c1-14-9-20(27)23(21(28)10-14)30-24(31)17(13-29)11-16-12-18(26)5-8-22(16)34-25(32)15-3-6-19(33-2)7-4-15/h3-12H,1-2H3,(H,30,31)/b17-11+. The van der Waals surface area contributed by atoms with Gasteiger partial charge in [-0.05, 0) is 105 Å². The maximum Gasteiger partial charge on any atom is 0.343 e. The minimum atomic E-state index is -0.611. The number of benzene rings is 3. The monoisotopic (exact) mass is 646 g/mol. The van der Waals surface area contributed by atoms with Crippen molar-refractivity contribution in [2.75, 3.05) is 12.4 Å². The topological polar surface area (TPSA) is 88.4 Å². The van der Waals surface area contributed by atoms with Crippen molar-refractivity contribution in [1.82, 2.24) is 0 Å². The average molecular weight is 649 g/mol. The largest absolute Gasteiger partial charge is 0.497 e. The Morgan fingerprint density at radius 3 is 2.24 bits per heavy atom. The molecular formula is C25H17Br3N2O4. The fourth-order valence-electron chi connectivity index (χ4n) is 2.92. The lowest BCUT2D eigenvalue weighted by Gasteiger charge is -2.11. The molecule has 0 fully saturated rings. The maximum atomic E-state index is 12.9. The summed E-state index contributed by atoms with van der Waals surface area (Å²) in [5.41, 5.74) is 2.03. The second-order valence-electron chi connectivity index (χ2n) is 7.03. The summed E-state index contributed by atoms with van der Waals surface area (Å²) in [6, 6.07) is 17.0. The van der Waals surface area contributed by atoms with Gasteiger partial charge in [-0.25, -0.2) is 4.79 Å². The van der Waals surface area contributed by atoms with Crippen LogP contribution in [0.1, 0.15) is 21.5 Å². The molecule has 1 N–H and O–H groups in total. The number of halogens is 3. The SMILES string of the molecule is COc1ccc(C(=O)Oc2ccc(Br)cc2/C=C(\C#N)C(=O)Nc2c(Br)cc(C)cc2Br)cc1. The van der Waals surface area contributed by atoms with Crippen LogP contribution in [0.25, 0.3) is 6.08 Å². The second-order valence-corrected chi connectivity index (χ2v) is 9.65. The number of aryl methyl sites for hydroxylation is 1. The first-order valence-corrected chi connectivity index (χ1v) is 12.1. The van der Waals surface area contributed by atoms with Crippen molar-refractivity contribution >= 4 is 71.4 Å². The van der Waals surface area contributed by atoms with Crippen LogP contribution < -0.4 is 14.8 Å². The third-order valence-corrected chi connectivity index (χ3v) is 6.33. The number of nitrogens with zero attached hydrogens (tertiary/aromatic N) is 1. The van der Waals surface area contributed by atoms with Crippen molar-refractivity contribution in [3.63, 3.8) is 0 Å². The summed E-state index contributed by atoms with van der Waals surface area (Å²) in [5.74, 6) is -0.391. The number of nitrogens with one attached hydrogen (secondary N) is 1. The number of methoxy groups -OCH3 is 1. The molecule has 0 heterocycles. The van der Waals surface area contributed by atoms with Crippen molar-refractivity contribution in [3.05, 3.63) is 90.3 Å². The molecule has 0 aliphatic carbocycles. The summed E-state index contributed by atoms with van der Waals surface area (Å²) >= 11 is 10.2. The van der Waals surface area contributed by atoms with Gasteiger partial charge >= 0.3 is 5.97 Å². The van der Waals surface area contributed by atoms with E-state index in [0.717, 1.165) is 5.56 Å². The Labute approximate surface area is 222 Å². The maximum absolute atomic E-state index is 12.9. The molecule has 0 saturated heterocycles. The van der Waals surface area contributed by atoms with Crippen LogP contribution in [0, 0.1) is 18.3 Å². The Bertz CT molecular complexity index is 1310. The van der Waals surface area contributed by atoms with Gasteiger partial charge in [0, 0.05) is 19.0 Å². The van der Waals surface area contributed by atoms with Gasteiger partial charge in [-0.2, -0.15) is 5.26 Å². The number of esters is 1. The Morgan fingerprint density at radius 2 is 1.65 bits per heavy atom. The molecule has 0 aliphatic rings. The molecule has 1 amide bonds. The van der Waals surface area contributed by atoms with Crippen molar-refractivity contribution in [3.8, 4) is 17.6 Å². The van der Waals surface area contributed by atoms with Crippen LogP contribution in [-0.4, -0.2) is 19.0 Å². The molecular weight excluding hydrogens is 632 g/mol. The number of carbonyl (C=O) groups excluding carboxylic acids is 2. The van der Waals surface area contributed by atoms with E-state index in [4.69, 9.17) is 9.47 Å². The van der Waals surface area contributed by atoms with Crippen LogP contribution in [-0.2, 0) is 4.79 Å². The highest BCUT2D eigenvalue weighted by atomic mass is 79.9. The van der Waals surface area contributed by atoms with Crippen LogP contribution in [0.4, 0.5) is 5.69 Å². The molecule has 0 aromatic heterocycles. The van der Waals surface area contributed by atoms with E-state index < -0.39 is 11.9 Å². The summed E-state index contributed by atoms with van der Waals surface area (Å²) in [6.07, 6.45) is 1.37. The quantitative estimate of drug-likeness (QED) is 0.134. The first-order chi connectivity index (χ1) is 16.2. The normalized spacial score (nSPS) is 10.9. The Morgan fingerprint density at radius 1 is 1.00 bits per heavy atom. The lowest BCUT2D eigenvalue weighted by atomic mass is 10.1. The van der Waals surface area contributed by atoms with Crippen molar-refractivity contribution < 1.29 is 19.1 Å². The van der Waals surface area contributed by atoms with E-state index >= 15 is 0 Å². The van der Waals surface area contributed by atoms with E-state index in [2.05, 4.69) is 53.1 Å². The molecule has 9 heteroatoms. The average Bonchev–Trinajstić information content (AvgIpc) is 2.81. The van der Waals surface area contributed by atoms with Crippen LogP contribution >= 0.6 is 47.8 Å². The summed E-state index contributed by atoms with van der Waals surface area (Å²) in [4.78, 5) is 25.5. The number of hydrogen-bond acceptors (Lipinski definition) is 5. The number of nitriles is 1. The first kappa shape index (κ1) is 25.7. The molecule has 0 spiro atoms. The molecule has 3 aromatic carbocycles. The fourth-order valence-corrected chi connectivity index (χ4v) is 4.91. The van der Waals surface area contributed by atoms with E-state index in [1.165, 1.54) is 13.2 Å². The summed E-state index contributed by atoms with van der Waals surface area (Å²) in [7, 11) is 1.53. The number of ether oxygens (including phenoxy) is 2. The summed E-state index contributed by atoms with van der Waals surface area (Å²) in [6.45, 7) is 1.92. The predicted octanol–water partition coefficient (Wildman–Crippen LogP) is 7.06. The van der Waals surface area contributed by atoms with Crippen molar-refractivity contribution in [2.45, 2.75) is 6.92 Å². The van der Waals surface area contributed by atoms with Crippen LogP contribution in [0.15, 0.2) is 73.6 Å². The number of anilines is 1. The van der Waals surface area contributed by atoms with E-state index in [1.54, 1.807) is 42.5 Å². The van der Waals surface area contributed by atoms with Crippen molar-refractivity contribution in [2.24, 2.45) is 0 Å². The Balaban J connectivity index is 1.90. The second kappa shape index (κ2) is 11.5. The highest BCUT2D eigenvalue weighted by Gasteiger charge is 2.17. The first-order valence-electron chi connectivity index (χ1n) is 9.76. The van der Waals surface area contributed by atoms with Gasteiger partial charge in [-0.1, -0.05) is 15.9 Å². The number of amides is 1. The smallest absolute Gasteiger partial charge is 0.343 e. The van der Waals surface area contributed by atoms with Gasteiger partial charge < -0.3 is 14.8 Å². The zero-order valence-corrected chi connectivity index (χ0v) is 22.7. The summed E-state index contributed by atoms with van der Waals surface area (Å²) < 4.78 is 12.7. The number of hydrogen-bond donors (Lipinski definition) is 1. The molecule has 172 valence electrons. The van der Waals surface area contributed by atoms with Gasteiger partial charge in [0.2, 0.25) is 0 Å². The molecule has 0 radical (unpaired) electrons. The zero-order chi connectivity index (χ0) is 24.8. The molecule has 34 heavy (non-hydrogen) atoms. The number of carbonyl (C=O) groups is 2. The fraction of sp³-hybridized carbons (Fsp3) is 0.0800. The molecule has 6 nitrogen and oxygen atoms in total. The highest BCUT2D eigenvalue weighted by Crippen LogP contribution is 2.33. The molecule has 0 bridgehead atoms. The van der Waals surface area contributed by atoms with Gasteiger partial charge in [-0.3, -0.25) is 4.79 Å². The van der Waals surface area contributed by atoms with Gasteiger partial charge in [0.15, 0.2) is 0 Å². The zero-order valence-electron chi connectivity index (χ0n) is 18.0. The van der Waals surface area contributed by atoms with Gasteiger partial charge in [0.1, 0.15) is 23.1 Å². The molecule has 0 saturated carbocycles. The lowest BCUT2D eigenvalue weighted by Crippen LogP contribution is -2.14. The van der Waals surface area contributed by atoms with Crippen LogP contribution in [0.5, 0.6) is 11.5 Å². The van der Waals surface area contributed by atoms with Gasteiger partial charge in [-0.15, -0.1) is 0 Å². The molecule has 0 unspecified atom stereocenters. The minimum absolute atomic E-state index is 0.167. The molecule has 0 aliphatic heterocycles. The van der Waals surface area contributed by atoms with Crippen molar-refractivity contribution in [1.29, 1.82) is 5.26 Å². The van der Waals surface area contributed by atoms with Gasteiger partial charge in [0.25, 0.3) is 5.91 Å². The van der Waals surface area contributed by atoms with E-state index in [-0.39, 0.29) is 11.3 Å². The lowest BCUT2D eigenvalue weighted by molar-refractivity contribution is -0.112. The van der Waals surface area contributed by atoms with Crippen LogP contribution in [0.2, 0.25) is 0 Å². The number of rotatable bonds is 6. The van der Waals surface area contributed by atoms with E-state index in [1.807, 2.05) is 25.1 Å². The van der Waals surface area contributed by atoms with E-state index in [0.29, 0.717) is 36.0 Å². The van der Waals surface area contributed by atoms with E-state index in [9.17, 15) is 14.9 Å². The third-order valence-electron chi connectivity index (χ3n) is 4.59. The van der Waals surface area contributed by atoms with Crippen LogP contribution in [0.3, 0.4) is 0 Å². The summed E-state index contributed by atoms with van der Waals surface area (Å²) in [5, 5.41) is 12.4. The minimum Gasteiger partial charge on any atom is -0.497 e.